The maximum absolute atomic E-state index is 15.4. The predicted octanol–water partition coefficient (Wildman–Crippen LogP) is 5.44. The molecule has 0 aliphatic carbocycles. The molecule has 9 nitrogen and oxygen atoms in total. The number of halogens is 3. The summed E-state index contributed by atoms with van der Waals surface area (Å²) in [5, 5.41) is 18.3. The molecule has 43 heavy (non-hydrogen) atoms. The number of ether oxygens (including phenoxy) is 2. The number of hydrogen-bond acceptors (Lipinski definition) is 7. The second kappa shape index (κ2) is 11.5. The van der Waals surface area contributed by atoms with Crippen molar-refractivity contribution in [3.63, 3.8) is 0 Å². The number of carboxylic acids is 1. The quantitative estimate of drug-likeness (QED) is 0.243. The molecule has 1 aliphatic heterocycles. The van der Waals surface area contributed by atoms with Crippen LogP contribution in [0.3, 0.4) is 0 Å². The third kappa shape index (κ3) is 5.75. The van der Waals surface area contributed by atoms with Gasteiger partial charge in [0.05, 0.1) is 47.1 Å². The Morgan fingerprint density at radius 2 is 1.84 bits per heavy atom. The second-order valence-electron chi connectivity index (χ2n) is 9.97. The van der Waals surface area contributed by atoms with Gasteiger partial charge in [-0.25, -0.2) is 23.5 Å². The topological polar surface area (TPSA) is 123 Å². The van der Waals surface area contributed by atoms with Gasteiger partial charge in [0.1, 0.15) is 24.1 Å². The number of imidazole rings is 1. The van der Waals surface area contributed by atoms with E-state index in [9.17, 15) is 18.7 Å². The van der Waals surface area contributed by atoms with Gasteiger partial charge in [-0.2, -0.15) is 14.6 Å². The molecule has 2 aromatic heterocycles. The van der Waals surface area contributed by atoms with E-state index >= 15 is 4.39 Å². The third-order valence-corrected chi connectivity index (χ3v) is 7.17. The van der Waals surface area contributed by atoms with E-state index in [1.165, 1.54) is 24.3 Å². The number of nitriles is 1. The summed E-state index contributed by atoms with van der Waals surface area (Å²) >= 11 is 0. The fourth-order valence-electron chi connectivity index (χ4n) is 4.75. The van der Waals surface area contributed by atoms with Crippen LogP contribution in [0.1, 0.15) is 39.3 Å². The molecule has 6 rings (SSSR count). The first-order valence-electron chi connectivity index (χ1n) is 13.3. The van der Waals surface area contributed by atoms with Crippen LogP contribution in [-0.4, -0.2) is 43.3 Å². The van der Waals surface area contributed by atoms with Gasteiger partial charge in [0.15, 0.2) is 5.82 Å². The van der Waals surface area contributed by atoms with Gasteiger partial charge in [-0.15, -0.1) is 0 Å². The highest BCUT2D eigenvalue weighted by Crippen LogP contribution is 2.27. The average molecular weight is 586 g/mol. The SMILES string of the molecule is N#Cc1ccc(COc2nc(-c3ccc(Cc4nc5ccc(C(=O)O)cc5n4C[C@@H]4CCO4)c(F)c3)ncc2F)c(F)c1. The van der Waals surface area contributed by atoms with Crippen LogP contribution in [-0.2, 0) is 24.3 Å². The number of hydrogen-bond donors (Lipinski definition) is 1. The number of aromatic carboxylic acids is 1. The molecule has 0 unspecified atom stereocenters. The molecule has 1 fully saturated rings. The summed E-state index contributed by atoms with van der Waals surface area (Å²) < 4.78 is 56.8. The van der Waals surface area contributed by atoms with E-state index in [0.29, 0.717) is 35.6 Å². The number of benzene rings is 3. The van der Waals surface area contributed by atoms with Crippen molar-refractivity contribution in [2.24, 2.45) is 0 Å². The van der Waals surface area contributed by atoms with Gasteiger partial charge in [-0.3, -0.25) is 0 Å². The molecule has 1 saturated heterocycles. The van der Waals surface area contributed by atoms with Crippen molar-refractivity contribution in [3.05, 3.63) is 106 Å². The van der Waals surface area contributed by atoms with Crippen LogP contribution < -0.4 is 4.74 Å². The van der Waals surface area contributed by atoms with Gasteiger partial charge in [0.2, 0.25) is 5.82 Å². The molecule has 12 heteroatoms. The summed E-state index contributed by atoms with van der Waals surface area (Å²) in [4.78, 5) is 24.2. The van der Waals surface area contributed by atoms with Crippen LogP contribution in [0.2, 0.25) is 0 Å². The largest absolute Gasteiger partial charge is 0.478 e. The van der Waals surface area contributed by atoms with Crippen molar-refractivity contribution in [1.82, 2.24) is 19.5 Å². The fourth-order valence-corrected chi connectivity index (χ4v) is 4.75. The van der Waals surface area contributed by atoms with Gasteiger partial charge in [0.25, 0.3) is 5.88 Å². The highest BCUT2D eigenvalue weighted by molar-refractivity contribution is 5.92. The summed E-state index contributed by atoms with van der Waals surface area (Å²) in [6.45, 7) is 0.750. The van der Waals surface area contributed by atoms with Crippen LogP contribution in [0.5, 0.6) is 5.88 Å². The molecular formula is C31H22F3N5O4. The number of carbonyl (C=O) groups is 1. The van der Waals surface area contributed by atoms with E-state index in [4.69, 9.17) is 14.7 Å². The lowest BCUT2D eigenvalue weighted by atomic mass is 10.1. The summed E-state index contributed by atoms with van der Waals surface area (Å²) in [6, 6.07) is 14.7. The Morgan fingerprint density at radius 1 is 1.05 bits per heavy atom. The molecule has 216 valence electrons. The van der Waals surface area contributed by atoms with Crippen LogP contribution in [0.25, 0.3) is 22.4 Å². The molecule has 3 aromatic carbocycles. The lowest BCUT2D eigenvalue weighted by Crippen LogP contribution is -2.31. The molecule has 1 aliphatic rings. The zero-order valence-corrected chi connectivity index (χ0v) is 22.4. The molecule has 0 bridgehead atoms. The minimum atomic E-state index is -1.06. The van der Waals surface area contributed by atoms with Gasteiger partial charge in [-0.05, 0) is 48.4 Å². The van der Waals surface area contributed by atoms with E-state index in [-0.39, 0.29) is 47.2 Å². The van der Waals surface area contributed by atoms with Gasteiger partial charge in [0, 0.05) is 24.2 Å². The average Bonchev–Trinajstić information content (AvgIpc) is 3.31. The standard InChI is InChI=1S/C31H22F3N5O4/c32-23-9-17(13-35)1-2-21(23)16-43-30-25(34)14-36-29(38-30)19-4-3-18(24(33)10-19)12-28-37-26-6-5-20(31(40)41)11-27(26)39(28)15-22-7-8-42-22/h1-6,9-11,14,22H,7-8,12,15-16H2,(H,40,41)/t22-/m0/s1. The maximum Gasteiger partial charge on any atom is 0.335 e. The molecule has 0 radical (unpaired) electrons. The molecular weight excluding hydrogens is 563 g/mol. The number of carboxylic acid groups (broad SMARTS) is 1. The van der Waals surface area contributed by atoms with Crippen molar-refractivity contribution in [1.29, 1.82) is 5.26 Å². The molecule has 5 aromatic rings. The summed E-state index contributed by atoms with van der Waals surface area (Å²) in [7, 11) is 0. The fraction of sp³-hybridized carbons (Fsp3) is 0.194. The predicted molar refractivity (Wildman–Crippen MR) is 147 cm³/mol. The first-order chi connectivity index (χ1) is 20.8. The summed E-state index contributed by atoms with van der Waals surface area (Å²) in [5.74, 6) is -3.09. The lowest BCUT2D eigenvalue weighted by molar-refractivity contribution is -0.0589. The minimum Gasteiger partial charge on any atom is -0.478 e. The normalized spacial score (nSPS) is 14.3. The van der Waals surface area contributed by atoms with Crippen LogP contribution in [0, 0.1) is 28.8 Å². The summed E-state index contributed by atoms with van der Waals surface area (Å²) in [6.07, 6.45) is 1.81. The summed E-state index contributed by atoms with van der Waals surface area (Å²) in [5.41, 5.74) is 2.15. The van der Waals surface area contributed by atoms with E-state index < -0.39 is 29.3 Å². The second-order valence-corrected chi connectivity index (χ2v) is 9.97. The van der Waals surface area contributed by atoms with Crippen molar-refractivity contribution < 1.29 is 32.5 Å². The Balaban J connectivity index is 1.25. The van der Waals surface area contributed by atoms with E-state index in [1.807, 2.05) is 10.6 Å². The molecule has 0 saturated carbocycles. The van der Waals surface area contributed by atoms with Crippen molar-refractivity contribution in [3.8, 4) is 23.3 Å². The maximum atomic E-state index is 15.4. The first kappa shape index (κ1) is 27.9. The van der Waals surface area contributed by atoms with E-state index in [1.54, 1.807) is 24.3 Å². The van der Waals surface area contributed by atoms with Crippen LogP contribution in [0.4, 0.5) is 13.2 Å². The smallest absolute Gasteiger partial charge is 0.335 e. The number of aromatic nitrogens is 4. The van der Waals surface area contributed by atoms with Gasteiger partial charge in [-0.1, -0.05) is 18.2 Å². The number of fused-ring (bicyclic) bond motifs is 1. The van der Waals surface area contributed by atoms with Gasteiger partial charge < -0.3 is 19.1 Å². The Morgan fingerprint density at radius 3 is 2.53 bits per heavy atom. The Labute approximate surface area is 242 Å². The Kier molecular flexibility index (Phi) is 7.48. The first-order valence-corrected chi connectivity index (χ1v) is 13.3. The van der Waals surface area contributed by atoms with Crippen LogP contribution >= 0.6 is 0 Å². The lowest BCUT2D eigenvalue weighted by Gasteiger charge is -2.27. The highest BCUT2D eigenvalue weighted by Gasteiger charge is 2.23. The molecule has 3 heterocycles. The van der Waals surface area contributed by atoms with Crippen molar-refractivity contribution >= 4 is 17.0 Å². The zero-order valence-electron chi connectivity index (χ0n) is 22.4. The highest BCUT2D eigenvalue weighted by atomic mass is 19.1. The Bertz CT molecular complexity index is 1920. The number of rotatable bonds is 9. The van der Waals surface area contributed by atoms with Crippen LogP contribution in [0.15, 0.2) is 60.8 Å². The number of nitrogens with zero attached hydrogens (tertiary/aromatic N) is 5. The van der Waals surface area contributed by atoms with Crippen molar-refractivity contribution in [2.45, 2.75) is 32.1 Å². The molecule has 0 amide bonds. The molecule has 1 atom stereocenters. The van der Waals surface area contributed by atoms with Crippen molar-refractivity contribution in [2.75, 3.05) is 6.61 Å². The van der Waals surface area contributed by atoms with E-state index in [0.717, 1.165) is 18.7 Å². The minimum absolute atomic E-state index is 0.00211. The Hall–Kier alpha value is -5.28. The van der Waals surface area contributed by atoms with Gasteiger partial charge >= 0.3 is 5.97 Å². The molecule has 1 N–H and O–H groups in total. The third-order valence-electron chi connectivity index (χ3n) is 7.17. The molecule has 0 spiro atoms. The van der Waals surface area contributed by atoms with E-state index in [2.05, 4.69) is 15.0 Å². The zero-order chi connectivity index (χ0) is 30.1. The monoisotopic (exact) mass is 585 g/mol.